The summed E-state index contributed by atoms with van der Waals surface area (Å²) in [5, 5.41) is 13.8. The van der Waals surface area contributed by atoms with E-state index in [2.05, 4.69) is 25.8 Å². The molecule has 1 saturated heterocycles. The lowest BCUT2D eigenvalue weighted by molar-refractivity contribution is 0.414. The summed E-state index contributed by atoms with van der Waals surface area (Å²) in [6, 6.07) is 24.7. The van der Waals surface area contributed by atoms with E-state index in [-0.39, 0.29) is 17.8 Å². The Morgan fingerprint density at radius 2 is 1.81 bits per heavy atom. The first-order valence-electron chi connectivity index (χ1n) is 10.3. The van der Waals surface area contributed by atoms with Crippen LogP contribution >= 0.6 is 12.2 Å². The molecule has 7 heteroatoms. The number of hydrogen-bond acceptors (Lipinski definition) is 4. The molecule has 2 aromatic carbocycles. The fourth-order valence-corrected chi connectivity index (χ4v) is 4.52. The van der Waals surface area contributed by atoms with Gasteiger partial charge in [0.15, 0.2) is 5.11 Å². The highest BCUT2D eigenvalue weighted by Crippen LogP contribution is 2.42. The molecule has 0 bridgehead atoms. The highest BCUT2D eigenvalue weighted by Gasteiger charge is 2.42. The van der Waals surface area contributed by atoms with E-state index in [1.54, 1.807) is 25.4 Å². The highest BCUT2D eigenvalue weighted by molar-refractivity contribution is 7.80. The van der Waals surface area contributed by atoms with Crippen molar-refractivity contribution in [3.8, 4) is 17.2 Å². The zero-order chi connectivity index (χ0) is 22.1. The second kappa shape index (κ2) is 8.36. The van der Waals surface area contributed by atoms with Gasteiger partial charge in [-0.2, -0.15) is 0 Å². The molecule has 1 aliphatic rings. The van der Waals surface area contributed by atoms with Crippen LogP contribution in [0.5, 0.6) is 11.5 Å². The summed E-state index contributed by atoms with van der Waals surface area (Å²) >= 11 is 5.81. The summed E-state index contributed by atoms with van der Waals surface area (Å²) in [6.45, 7) is 0. The molecule has 2 aromatic heterocycles. The second-order valence-electron chi connectivity index (χ2n) is 7.52. The van der Waals surface area contributed by atoms with Crippen molar-refractivity contribution in [2.45, 2.75) is 12.1 Å². The van der Waals surface area contributed by atoms with Gasteiger partial charge in [-0.3, -0.25) is 4.98 Å². The lowest BCUT2D eigenvalue weighted by Crippen LogP contribution is -2.30. The van der Waals surface area contributed by atoms with Crippen molar-refractivity contribution in [3.63, 3.8) is 0 Å². The number of hydrogen-bond donors (Lipinski definition) is 2. The summed E-state index contributed by atoms with van der Waals surface area (Å²) in [5.74, 6) is 0.995. The van der Waals surface area contributed by atoms with E-state index in [1.807, 2.05) is 66.9 Å². The molecule has 1 aliphatic heterocycles. The summed E-state index contributed by atoms with van der Waals surface area (Å²) in [7, 11) is 1.66. The monoisotopic (exact) mass is 442 g/mol. The van der Waals surface area contributed by atoms with Gasteiger partial charge in [0, 0.05) is 35.5 Å². The summed E-state index contributed by atoms with van der Waals surface area (Å²) < 4.78 is 7.57. The third-order valence-electron chi connectivity index (χ3n) is 5.64. The summed E-state index contributed by atoms with van der Waals surface area (Å²) in [4.78, 5) is 6.73. The molecule has 0 saturated carbocycles. The molecule has 0 radical (unpaired) electrons. The number of phenols is 1. The van der Waals surface area contributed by atoms with Gasteiger partial charge < -0.3 is 24.6 Å². The number of anilines is 1. The number of methoxy groups -OCH3 is 1. The fraction of sp³-hybridized carbons (Fsp3) is 0.120. The Morgan fingerprint density at radius 3 is 2.56 bits per heavy atom. The Balaban J connectivity index is 1.66. The van der Waals surface area contributed by atoms with Crippen LogP contribution in [0, 0.1) is 0 Å². The number of ether oxygens (including phenoxy) is 1. The number of phenolic OH excluding ortho intramolecular Hbond substituents is 1. The first-order valence-corrected chi connectivity index (χ1v) is 10.7. The lowest BCUT2D eigenvalue weighted by Gasteiger charge is -2.29. The van der Waals surface area contributed by atoms with Gasteiger partial charge in [0.1, 0.15) is 17.5 Å². The van der Waals surface area contributed by atoms with E-state index >= 15 is 0 Å². The van der Waals surface area contributed by atoms with Gasteiger partial charge in [-0.15, -0.1) is 0 Å². The molecule has 160 valence electrons. The van der Waals surface area contributed by atoms with Gasteiger partial charge in [0.2, 0.25) is 0 Å². The van der Waals surface area contributed by atoms with Crippen LogP contribution < -0.4 is 15.0 Å². The molecular formula is C25H22N4O2S. The van der Waals surface area contributed by atoms with E-state index in [9.17, 15) is 5.11 Å². The number of nitrogens with zero attached hydrogens (tertiary/aromatic N) is 3. The second-order valence-corrected chi connectivity index (χ2v) is 7.90. The molecule has 2 N–H and O–H groups in total. The predicted octanol–water partition coefficient (Wildman–Crippen LogP) is 4.76. The van der Waals surface area contributed by atoms with E-state index in [0.717, 1.165) is 28.5 Å². The van der Waals surface area contributed by atoms with Crippen molar-refractivity contribution >= 4 is 23.0 Å². The van der Waals surface area contributed by atoms with Crippen LogP contribution in [0.2, 0.25) is 0 Å². The first kappa shape index (κ1) is 20.1. The average Bonchev–Trinajstić information content (AvgIpc) is 3.44. The molecule has 0 amide bonds. The number of pyridine rings is 1. The van der Waals surface area contributed by atoms with E-state index in [1.165, 1.54) is 0 Å². The van der Waals surface area contributed by atoms with Gasteiger partial charge in [-0.1, -0.05) is 12.1 Å². The van der Waals surface area contributed by atoms with E-state index < -0.39 is 0 Å². The number of nitrogens with one attached hydrogen (secondary N) is 1. The molecular weight excluding hydrogens is 420 g/mol. The topological polar surface area (TPSA) is 62.5 Å². The van der Waals surface area contributed by atoms with Crippen molar-refractivity contribution in [3.05, 3.63) is 103 Å². The number of thiocarbonyl (C=S) groups is 1. The van der Waals surface area contributed by atoms with Crippen LogP contribution in [0.15, 0.2) is 91.3 Å². The van der Waals surface area contributed by atoms with Crippen LogP contribution in [0.25, 0.3) is 5.69 Å². The van der Waals surface area contributed by atoms with E-state index in [0.29, 0.717) is 5.11 Å². The molecule has 0 aliphatic carbocycles. The number of benzene rings is 2. The van der Waals surface area contributed by atoms with Crippen LogP contribution in [0.3, 0.4) is 0 Å². The van der Waals surface area contributed by atoms with Gasteiger partial charge in [0.25, 0.3) is 0 Å². The molecule has 0 spiro atoms. The lowest BCUT2D eigenvalue weighted by atomic mass is 10.0. The Kier molecular flexibility index (Phi) is 5.25. The maximum Gasteiger partial charge on any atom is 0.174 e. The normalized spacial score (nSPS) is 17.9. The molecule has 5 rings (SSSR count). The quantitative estimate of drug-likeness (QED) is 0.435. The van der Waals surface area contributed by atoms with Crippen LogP contribution in [-0.4, -0.2) is 26.9 Å². The molecule has 6 nitrogen and oxygen atoms in total. The van der Waals surface area contributed by atoms with Gasteiger partial charge in [-0.25, -0.2) is 0 Å². The minimum absolute atomic E-state index is 0.152. The summed E-state index contributed by atoms with van der Waals surface area (Å²) in [5.41, 5.74) is 3.83. The maximum atomic E-state index is 9.74. The standard InChI is InChI=1S/C25H22N4O2S/c1-31-20-7-4-6-18(16-20)29-24(23(27-25(29)32)21-8-2-3-14-26-21)22-9-5-15-28(22)17-10-12-19(30)13-11-17/h2-16,23-24,30H,1H3,(H,27,32). The molecule has 2 atom stereocenters. The van der Waals surface area contributed by atoms with Crippen molar-refractivity contribution in [1.29, 1.82) is 0 Å². The largest absolute Gasteiger partial charge is 0.508 e. The zero-order valence-electron chi connectivity index (χ0n) is 17.4. The van der Waals surface area contributed by atoms with Crippen LogP contribution in [0.1, 0.15) is 23.5 Å². The summed E-state index contributed by atoms with van der Waals surface area (Å²) in [6.07, 6.45) is 3.81. The minimum Gasteiger partial charge on any atom is -0.508 e. The molecule has 32 heavy (non-hydrogen) atoms. The minimum atomic E-state index is -0.159. The third kappa shape index (κ3) is 3.56. The maximum absolute atomic E-state index is 9.74. The van der Waals surface area contributed by atoms with E-state index in [4.69, 9.17) is 17.0 Å². The van der Waals surface area contributed by atoms with Gasteiger partial charge in [-0.05, 0) is 72.9 Å². The van der Waals surface area contributed by atoms with Crippen molar-refractivity contribution in [1.82, 2.24) is 14.9 Å². The predicted molar refractivity (Wildman–Crippen MR) is 128 cm³/mol. The van der Waals surface area contributed by atoms with Crippen LogP contribution in [-0.2, 0) is 0 Å². The zero-order valence-corrected chi connectivity index (χ0v) is 18.2. The average molecular weight is 443 g/mol. The highest BCUT2D eigenvalue weighted by atomic mass is 32.1. The Hall–Kier alpha value is -3.84. The molecule has 4 aromatic rings. The van der Waals surface area contributed by atoms with Crippen molar-refractivity contribution < 1.29 is 9.84 Å². The van der Waals surface area contributed by atoms with Crippen molar-refractivity contribution in [2.24, 2.45) is 0 Å². The van der Waals surface area contributed by atoms with Crippen molar-refractivity contribution in [2.75, 3.05) is 12.0 Å². The SMILES string of the molecule is COc1cccc(N2C(=S)NC(c3ccccn3)C2c2cccn2-c2ccc(O)cc2)c1. The van der Waals surface area contributed by atoms with Crippen LogP contribution in [0.4, 0.5) is 5.69 Å². The first-order chi connectivity index (χ1) is 15.7. The smallest absolute Gasteiger partial charge is 0.174 e. The third-order valence-corrected chi connectivity index (χ3v) is 5.96. The van der Waals surface area contributed by atoms with Gasteiger partial charge in [0.05, 0.1) is 18.8 Å². The number of aromatic hydroxyl groups is 1. The molecule has 3 heterocycles. The number of aromatic nitrogens is 2. The number of rotatable bonds is 5. The fourth-order valence-electron chi connectivity index (χ4n) is 4.18. The Morgan fingerprint density at radius 1 is 0.969 bits per heavy atom. The van der Waals surface area contributed by atoms with Gasteiger partial charge >= 0.3 is 0 Å². The Labute approximate surface area is 191 Å². The molecule has 1 fully saturated rings. The molecule has 2 unspecified atom stereocenters. The Bertz CT molecular complexity index is 1240.